The van der Waals surface area contributed by atoms with Gasteiger partial charge in [-0.1, -0.05) is 29.3 Å². The molecule has 124 valence electrons. The molecule has 23 heavy (non-hydrogen) atoms. The predicted molar refractivity (Wildman–Crippen MR) is 85.3 cm³/mol. The molecule has 8 heteroatoms. The number of halogens is 2. The van der Waals surface area contributed by atoms with Crippen LogP contribution in [0.4, 0.5) is 0 Å². The number of carbonyl (C=O) groups is 3. The van der Waals surface area contributed by atoms with Crippen molar-refractivity contribution in [2.45, 2.75) is 25.3 Å². The Morgan fingerprint density at radius 3 is 2.48 bits per heavy atom. The number of hydrogen-bond donors (Lipinski definition) is 1. The van der Waals surface area contributed by atoms with E-state index in [0.717, 1.165) is 12.8 Å². The Hall–Kier alpha value is -1.79. The van der Waals surface area contributed by atoms with Gasteiger partial charge < -0.3 is 15.4 Å². The van der Waals surface area contributed by atoms with Crippen LogP contribution in [0.1, 0.15) is 29.6 Å². The van der Waals surface area contributed by atoms with Crippen LogP contribution in [-0.2, 0) is 14.3 Å². The molecule has 1 aliphatic rings. The molecular weight excluding hydrogens is 343 g/mol. The van der Waals surface area contributed by atoms with Crippen LogP contribution in [-0.4, -0.2) is 41.9 Å². The molecular formula is C15H16Cl2N2O4. The highest BCUT2D eigenvalue weighted by Gasteiger charge is 2.31. The SMILES string of the molecule is NC(=O)[C@H]1CCCCN1C(=O)COC(=O)c1c(Cl)cccc1Cl. The first-order valence-corrected chi connectivity index (χ1v) is 7.87. The zero-order chi connectivity index (χ0) is 17.0. The van der Waals surface area contributed by atoms with E-state index < -0.39 is 30.4 Å². The summed E-state index contributed by atoms with van der Waals surface area (Å²) in [6.45, 7) is -0.0823. The van der Waals surface area contributed by atoms with Crippen LogP contribution in [0.2, 0.25) is 10.0 Å². The molecule has 0 unspecified atom stereocenters. The molecule has 0 aliphatic carbocycles. The lowest BCUT2D eigenvalue weighted by molar-refractivity contribution is -0.143. The van der Waals surface area contributed by atoms with Crippen LogP contribution in [0.15, 0.2) is 18.2 Å². The molecule has 1 aliphatic heterocycles. The van der Waals surface area contributed by atoms with Gasteiger partial charge in [0.2, 0.25) is 5.91 Å². The van der Waals surface area contributed by atoms with Gasteiger partial charge in [0.25, 0.3) is 5.91 Å². The summed E-state index contributed by atoms with van der Waals surface area (Å²) in [5.41, 5.74) is 5.31. The van der Waals surface area contributed by atoms with Gasteiger partial charge in [0, 0.05) is 6.54 Å². The Morgan fingerprint density at radius 2 is 1.87 bits per heavy atom. The Morgan fingerprint density at radius 1 is 1.22 bits per heavy atom. The van der Waals surface area contributed by atoms with Gasteiger partial charge in [0.1, 0.15) is 6.04 Å². The number of carbonyl (C=O) groups excluding carboxylic acids is 3. The second-order valence-electron chi connectivity index (χ2n) is 5.17. The van der Waals surface area contributed by atoms with E-state index in [0.29, 0.717) is 13.0 Å². The first kappa shape index (κ1) is 17.6. The molecule has 1 heterocycles. The van der Waals surface area contributed by atoms with Gasteiger partial charge in [-0.25, -0.2) is 4.79 Å². The molecule has 1 aromatic carbocycles. The molecule has 1 atom stereocenters. The van der Waals surface area contributed by atoms with Crippen LogP contribution in [0.3, 0.4) is 0 Å². The number of esters is 1. The number of nitrogens with two attached hydrogens (primary N) is 1. The second kappa shape index (κ2) is 7.66. The topological polar surface area (TPSA) is 89.7 Å². The molecule has 2 rings (SSSR count). The number of hydrogen-bond acceptors (Lipinski definition) is 4. The van der Waals surface area contributed by atoms with Crippen LogP contribution in [0.5, 0.6) is 0 Å². The largest absolute Gasteiger partial charge is 0.452 e. The summed E-state index contributed by atoms with van der Waals surface area (Å²) < 4.78 is 4.98. The Kier molecular flexibility index (Phi) is 5.85. The average Bonchev–Trinajstić information content (AvgIpc) is 2.52. The number of amides is 2. The third-order valence-corrected chi connectivity index (χ3v) is 4.28. The molecule has 2 amide bonds. The van der Waals surface area contributed by atoms with Gasteiger partial charge in [-0.15, -0.1) is 0 Å². The van der Waals surface area contributed by atoms with Crippen molar-refractivity contribution in [2.24, 2.45) is 5.73 Å². The summed E-state index contributed by atoms with van der Waals surface area (Å²) in [5, 5.41) is 0.283. The zero-order valence-corrected chi connectivity index (χ0v) is 13.8. The maximum Gasteiger partial charge on any atom is 0.341 e. The third-order valence-electron chi connectivity index (χ3n) is 3.65. The maximum atomic E-state index is 12.2. The molecule has 0 aromatic heterocycles. The molecule has 1 aromatic rings. The summed E-state index contributed by atoms with van der Waals surface area (Å²) in [6.07, 6.45) is 2.12. The van der Waals surface area contributed by atoms with E-state index in [1.807, 2.05) is 0 Å². The quantitative estimate of drug-likeness (QED) is 0.833. The Balaban J connectivity index is 2.01. The van der Waals surface area contributed by atoms with E-state index in [-0.39, 0.29) is 15.6 Å². The van der Waals surface area contributed by atoms with Gasteiger partial charge in [0.15, 0.2) is 6.61 Å². The number of benzene rings is 1. The minimum Gasteiger partial charge on any atom is -0.452 e. The average molecular weight is 359 g/mol. The zero-order valence-electron chi connectivity index (χ0n) is 12.3. The van der Waals surface area contributed by atoms with Crippen molar-refractivity contribution in [3.8, 4) is 0 Å². The van der Waals surface area contributed by atoms with Gasteiger partial charge in [-0.3, -0.25) is 9.59 Å². The van der Waals surface area contributed by atoms with Crippen molar-refractivity contribution < 1.29 is 19.1 Å². The lowest BCUT2D eigenvalue weighted by atomic mass is 10.0. The Bertz CT molecular complexity index is 616. The van der Waals surface area contributed by atoms with Crippen molar-refractivity contribution in [3.63, 3.8) is 0 Å². The fourth-order valence-electron chi connectivity index (χ4n) is 2.50. The van der Waals surface area contributed by atoms with Crippen molar-refractivity contribution >= 4 is 41.0 Å². The minimum absolute atomic E-state index is 0.00808. The maximum absolute atomic E-state index is 12.2. The Labute approximate surface area is 143 Å². The molecule has 1 fully saturated rings. The summed E-state index contributed by atoms with van der Waals surface area (Å²) in [4.78, 5) is 37.0. The summed E-state index contributed by atoms with van der Waals surface area (Å²) in [6, 6.07) is 3.94. The lowest BCUT2D eigenvalue weighted by Crippen LogP contribution is -2.51. The van der Waals surface area contributed by atoms with E-state index in [1.165, 1.54) is 17.0 Å². The smallest absolute Gasteiger partial charge is 0.341 e. The highest BCUT2D eigenvalue weighted by atomic mass is 35.5. The fraction of sp³-hybridized carbons (Fsp3) is 0.400. The van der Waals surface area contributed by atoms with Gasteiger partial charge >= 0.3 is 5.97 Å². The number of piperidine rings is 1. The van der Waals surface area contributed by atoms with Crippen molar-refractivity contribution in [1.82, 2.24) is 4.90 Å². The van der Waals surface area contributed by atoms with E-state index >= 15 is 0 Å². The van der Waals surface area contributed by atoms with Crippen LogP contribution >= 0.6 is 23.2 Å². The van der Waals surface area contributed by atoms with E-state index in [2.05, 4.69) is 0 Å². The number of rotatable bonds is 4. The summed E-state index contributed by atoms with van der Waals surface area (Å²) in [5.74, 6) is -1.81. The standard InChI is InChI=1S/C15H16Cl2N2O4/c16-9-4-3-5-10(17)13(9)15(22)23-8-12(20)19-7-2-1-6-11(19)14(18)21/h3-5,11H,1-2,6-8H2,(H2,18,21)/t11-/m1/s1. The number of primary amides is 1. The number of ether oxygens (including phenoxy) is 1. The van der Waals surface area contributed by atoms with E-state index in [4.69, 9.17) is 33.7 Å². The highest BCUT2D eigenvalue weighted by Crippen LogP contribution is 2.25. The monoisotopic (exact) mass is 358 g/mol. The van der Waals surface area contributed by atoms with Gasteiger partial charge in [-0.05, 0) is 31.4 Å². The molecule has 0 saturated carbocycles. The highest BCUT2D eigenvalue weighted by molar-refractivity contribution is 6.39. The van der Waals surface area contributed by atoms with Crippen LogP contribution < -0.4 is 5.73 Å². The summed E-state index contributed by atoms with van der Waals surface area (Å²) >= 11 is 11.8. The molecule has 0 spiro atoms. The molecule has 0 radical (unpaired) electrons. The van der Waals surface area contributed by atoms with Crippen LogP contribution in [0, 0.1) is 0 Å². The van der Waals surface area contributed by atoms with Crippen molar-refractivity contribution in [1.29, 1.82) is 0 Å². The normalized spacial score (nSPS) is 17.7. The number of likely N-dealkylation sites (tertiary alicyclic amines) is 1. The molecule has 0 bridgehead atoms. The number of nitrogens with zero attached hydrogens (tertiary/aromatic N) is 1. The summed E-state index contributed by atoms with van der Waals surface area (Å²) in [7, 11) is 0. The van der Waals surface area contributed by atoms with Gasteiger partial charge in [0.05, 0.1) is 15.6 Å². The molecule has 2 N–H and O–H groups in total. The molecule has 6 nitrogen and oxygen atoms in total. The second-order valence-corrected chi connectivity index (χ2v) is 5.99. The fourth-order valence-corrected chi connectivity index (χ4v) is 3.05. The van der Waals surface area contributed by atoms with E-state index in [1.54, 1.807) is 6.07 Å². The van der Waals surface area contributed by atoms with Crippen molar-refractivity contribution in [2.75, 3.05) is 13.2 Å². The van der Waals surface area contributed by atoms with E-state index in [9.17, 15) is 14.4 Å². The first-order valence-electron chi connectivity index (χ1n) is 7.11. The lowest BCUT2D eigenvalue weighted by Gasteiger charge is -2.33. The van der Waals surface area contributed by atoms with Gasteiger partial charge in [-0.2, -0.15) is 0 Å². The molecule has 1 saturated heterocycles. The third kappa shape index (κ3) is 4.14. The predicted octanol–water partition coefficient (Wildman–Crippen LogP) is 2.02. The van der Waals surface area contributed by atoms with Crippen molar-refractivity contribution in [3.05, 3.63) is 33.8 Å². The minimum atomic E-state index is -0.790. The first-order chi connectivity index (χ1) is 10.9. The van der Waals surface area contributed by atoms with Crippen LogP contribution in [0.25, 0.3) is 0 Å².